The quantitative estimate of drug-likeness (QED) is 0.827. The molecule has 6 heteroatoms. The molecule has 116 valence electrons. The molecule has 1 saturated heterocycles. The smallest absolute Gasteiger partial charge is 0.408 e. The van der Waals surface area contributed by atoms with Crippen molar-refractivity contribution < 1.29 is 19.4 Å². The van der Waals surface area contributed by atoms with Crippen LogP contribution in [0.1, 0.15) is 47.5 Å². The minimum atomic E-state index is -0.924. The fourth-order valence-corrected chi connectivity index (χ4v) is 2.74. The monoisotopic (exact) mass is 286 g/mol. The third-order valence-electron chi connectivity index (χ3n) is 3.60. The van der Waals surface area contributed by atoms with Crippen LogP contribution in [-0.2, 0) is 9.53 Å². The number of aliphatic carboxylic acids is 1. The number of carboxylic acid groups (broad SMARTS) is 1. The van der Waals surface area contributed by atoms with Crippen molar-refractivity contribution >= 4 is 12.1 Å². The van der Waals surface area contributed by atoms with Crippen LogP contribution in [0.15, 0.2) is 0 Å². The third-order valence-corrected chi connectivity index (χ3v) is 3.60. The van der Waals surface area contributed by atoms with Gasteiger partial charge in [-0.15, -0.1) is 0 Å². The summed E-state index contributed by atoms with van der Waals surface area (Å²) < 4.78 is 5.25. The van der Waals surface area contributed by atoms with E-state index in [2.05, 4.69) is 10.2 Å². The molecule has 1 amide bonds. The maximum atomic E-state index is 12.0. The molecule has 2 N–H and O–H groups in total. The van der Waals surface area contributed by atoms with Gasteiger partial charge in [0.25, 0.3) is 0 Å². The molecule has 0 aromatic heterocycles. The van der Waals surface area contributed by atoms with E-state index in [4.69, 9.17) is 9.84 Å². The van der Waals surface area contributed by atoms with E-state index in [9.17, 15) is 9.59 Å². The van der Waals surface area contributed by atoms with E-state index in [1.807, 2.05) is 20.9 Å². The summed E-state index contributed by atoms with van der Waals surface area (Å²) in [6.45, 7) is 9.90. The van der Waals surface area contributed by atoms with Gasteiger partial charge < -0.3 is 15.2 Å². The van der Waals surface area contributed by atoms with Crippen molar-refractivity contribution in [1.82, 2.24) is 10.2 Å². The highest BCUT2D eigenvalue weighted by molar-refractivity contribution is 5.73. The fraction of sp³-hybridized carbons (Fsp3) is 0.857. The molecule has 20 heavy (non-hydrogen) atoms. The number of hydrogen-bond acceptors (Lipinski definition) is 4. The first-order valence-electron chi connectivity index (χ1n) is 6.79. The largest absolute Gasteiger partial charge is 0.481 e. The van der Waals surface area contributed by atoms with E-state index in [-0.39, 0.29) is 12.0 Å². The summed E-state index contributed by atoms with van der Waals surface area (Å²) in [4.78, 5) is 25.2. The Bertz CT molecular complexity index is 400. The molecule has 1 fully saturated rings. The second kappa shape index (κ2) is 5.24. The molecule has 1 heterocycles. The molecule has 0 aromatic carbocycles. The zero-order chi connectivity index (χ0) is 15.8. The van der Waals surface area contributed by atoms with E-state index in [0.29, 0.717) is 13.0 Å². The van der Waals surface area contributed by atoms with Crippen molar-refractivity contribution in [2.45, 2.75) is 64.1 Å². The average Bonchev–Trinajstić information content (AvgIpc) is 2.29. The van der Waals surface area contributed by atoms with Gasteiger partial charge in [0.1, 0.15) is 5.60 Å². The van der Waals surface area contributed by atoms with Crippen LogP contribution in [0.3, 0.4) is 0 Å². The number of carbonyl (C=O) groups is 2. The Labute approximate surface area is 120 Å². The molecule has 0 saturated carbocycles. The average molecular weight is 286 g/mol. The van der Waals surface area contributed by atoms with Crippen LogP contribution in [0.5, 0.6) is 0 Å². The first-order valence-corrected chi connectivity index (χ1v) is 6.79. The summed E-state index contributed by atoms with van der Waals surface area (Å²) in [5.41, 5.74) is -1.55. The van der Waals surface area contributed by atoms with Gasteiger partial charge in [-0.05, 0) is 48.1 Å². The number of alkyl carbamates (subject to hydrolysis) is 1. The summed E-state index contributed by atoms with van der Waals surface area (Å²) in [6.07, 6.45) is -0.105. The Kier molecular flexibility index (Phi) is 4.39. The number of likely N-dealkylation sites (N-methyl/N-ethyl adjacent to an activating group) is 1. The van der Waals surface area contributed by atoms with Crippen molar-refractivity contribution in [3.63, 3.8) is 0 Å². The minimum Gasteiger partial charge on any atom is -0.481 e. The van der Waals surface area contributed by atoms with Gasteiger partial charge in [0.05, 0.1) is 12.0 Å². The van der Waals surface area contributed by atoms with Gasteiger partial charge in [0.15, 0.2) is 0 Å². The Morgan fingerprint density at radius 3 is 2.25 bits per heavy atom. The number of amides is 1. The van der Waals surface area contributed by atoms with Gasteiger partial charge in [0.2, 0.25) is 0 Å². The number of nitrogens with zero attached hydrogens (tertiary/aromatic N) is 1. The summed E-state index contributed by atoms with van der Waals surface area (Å²) in [6, 6.07) is 0. The minimum absolute atomic E-state index is 0.111. The first kappa shape index (κ1) is 16.8. The van der Waals surface area contributed by atoms with Crippen molar-refractivity contribution in [2.24, 2.45) is 0 Å². The predicted molar refractivity (Wildman–Crippen MR) is 75.7 cm³/mol. The molecule has 0 spiro atoms. The van der Waals surface area contributed by atoms with Crippen LogP contribution in [-0.4, -0.2) is 52.3 Å². The summed E-state index contributed by atoms with van der Waals surface area (Å²) in [5.74, 6) is -0.924. The predicted octanol–water partition coefficient (Wildman–Crippen LogP) is 1.84. The maximum absolute atomic E-state index is 12.0. The molecule has 1 aliphatic heterocycles. The van der Waals surface area contributed by atoms with Gasteiger partial charge >= 0.3 is 12.1 Å². The van der Waals surface area contributed by atoms with Crippen LogP contribution in [0, 0.1) is 0 Å². The van der Waals surface area contributed by atoms with Gasteiger partial charge in [-0.3, -0.25) is 9.69 Å². The van der Waals surface area contributed by atoms with E-state index in [0.717, 1.165) is 0 Å². The van der Waals surface area contributed by atoms with Gasteiger partial charge in [-0.1, -0.05) is 0 Å². The summed E-state index contributed by atoms with van der Waals surface area (Å²) >= 11 is 0. The number of likely N-dealkylation sites (tertiary alicyclic amines) is 1. The lowest BCUT2D eigenvalue weighted by molar-refractivity contribution is -0.138. The lowest BCUT2D eigenvalue weighted by Crippen LogP contribution is -2.52. The molecule has 0 aromatic rings. The van der Waals surface area contributed by atoms with Gasteiger partial charge in [-0.25, -0.2) is 4.79 Å². The molecule has 0 radical (unpaired) electrons. The summed E-state index contributed by atoms with van der Waals surface area (Å²) in [7, 11) is 1.93. The van der Waals surface area contributed by atoms with Crippen LogP contribution in [0.2, 0.25) is 0 Å². The molecule has 6 nitrogen and oxygen atoms in total. The Balaban J connectivity index is 2.87. The molecule has 0 bridgehead atoms. The number of nitrogens with one attached hydrogen (secondary N) is 1. The Morgan fingerprint density at radius 2 is 1.90 bits per heavy atom. The summed E-state index contributed by atoms with van der Waals surface area (Å²) in [5, 5.41) is 11.9. The van der Waals surface area contributed by atoms with E-state index >= 15 is 0 Å². The second-order valence-electron chi connectivity index (χ2n) is 7.32. The third kappa shape index (κ3) is 4.37. The van der Waals surface area contributed by atoms with E-state index in [1.165, 1.54) is 0 Å². The standard InChI is InChI=1S/C14H26N2O4/c1-12(2,3)20-11(19)15-14(7-10(17)18)8-13(4,5)16(6)9-14/h7-9H2,1-6H3,(H,15,19)(H,17,18). The lowest BCUT2D eigenvalue weighted by atomic mass is 9.87. The lowest BCUT2D eigenvalue weighted by Gasteiger charge is -2.30. The van der Waals surface area contributed by atoms with E-state index < -0.39 is 23.2 Å². The second-order valence-corrected chi connectivity index (χ2v) is 7.32. The zero-order valence-corrected chi connectivity index (χ0v) is 13.2. The first-order chi connectivity index (χ1) is 8.85. The van der Waals surface area contributed by atoms with Crippen molar-refractivity contribution in [2.75, 3.05) is 13.6 Å². The SMILES string of the molecule is CN1CC(CC(=O)O)(NC(=O)OC(C)(C)C)CC1(C)C. The van der Waals surface area contributed by atoms with Crippen LogP contribution in [0.4, 0.5) is 4.79 Å². The van der Waals surface area contributed by atoms with E-state index in [1.54, 1.807) is 20.8 Å². The highest BCUT2D eigenvalue weighted by Gasteiger charge is 2.49. The topological polar surface area (TPSA) is 78.9 Å². The molecule has 1 unspecified atom stereocenters. The molecule has 1 aliphatic rings. The number of ether oxygens (including phenoxy) is 1. The zero-order valence-electron chi connectivity index (χ0n) is 13.2. The highest BCUT2D eigenvalue weighted by atomic mass is 16.6. The highest BCUT2D eigenvalue weighted by Crippen LogP contribution is 2.36. The van der Waals surface area contributed by atoms with Gasteiger partial charge in [-0.2, -0.15) is 0 Å². The molecule has 1 rings (SSSR count). The number of rotatable bonds is 3. The number of carbonyl (C=O) groups excluding carboxylic acids is 1. The van der Waals surface area contributed by atoms with Crippen LogP contribution >= 0.6 is 0 Å². The molecule has 1 atom stereocenters. The normalized spacial score (nSPS) is 26.3. The van der Waals surface area contributed by atoms with Crippen LogP contribution < -0.4 is 5.32 Å². The van der Waals surface area contributed by atoms with Crippen molar-refractivity contribution in [3.05, 3.63) is 0 Å². The molecular formula is C14H26N2O4. The van der Waals surface area contributed by atoms with Crippen molar-refractivity contribution in [3.8, 4) is 0 Å². The van der Waals surface area contributed by atoms with Crippen molar-refractivity contribution in [1.29, 1.82) is 0 Å². The van der Waals surface area contributed by atoms with Crippen LogP contribution in [0.25, 0.3) is 0 Å². The Morgan fingerprint density at radius 1 is 1.35 bits per heavy atom. The Hall–Kier alpha value is -1.30. The maximum Gasteiger partial charge on any atom is 0.408 e. The number of hydrogen-bond donors (Lipinski definition) is 2. The molecular weight excluding hydrogens is 260 g/mol. The number of carboxylic acids is 1. The van der Waals surface area contributed by atoms with Gasteiger partial charge in [0, 0.05) is 12.1 Å². The fourth-order valence-electron chi connectivity index (χ4n) is 2.74. The molecule has 0 aliphatic carbocycles.